The van der Waals surface area contributed by atoms with Crippen molar-refractivity contribution in [2.75, 3.05) is 7.11 Å². The van der Waals surface area contributed by atoms with Gasteiger partial charge in [-0.05, 0) is 17.7 Å². The number of carbonyl (C=O) groups excluding carboxylic acids is 2. The third-order valence-electron chi connectivity index (χ3n) is 2.71. The number of carbonyl (C=O) groups is 2. The van der Waals surface area contributed by atoms with Crippen LogP contribution in [0.4, 0.5) is 0 Å². The van der Waals surface area contributed by atoms with E-state index >= 15 is 0 Å². The van der Waals surface area contributed by atoms with Crippen LogP contribution < -0.4 is 5.32 Å². The normalized spacial score (nSPS) is 9.85. The first-order valence-corrected chi connectivity index (χ1v) is 6.07. The van der Waals surface area contributed by atoms with Gasteiger partial charge in [0.05, 0.1) is 12.7 Å². The Morgan fingerprint density at radius 3 is 2.65 bits per heavy atom. The lowest BCUT2D eigenvalue weighted by Gasteiger charge is -2.05. The van der Waals surface area contributed by atoms with Gasteiger partial charge in [0, 0.05) is 12.7 Å². The van der Waals surface area contributed by atoms with Crippen LogP contribution in [-0.4, -0.2) is 24.0 Å². The molecule has 0 spiro atoms. The molecule has 2 aromatic rings. The van der Waals surface area contributed by atoms with Gasteiger partial charge in [0.25, 0.3) is 5.91 Å². The van der Waals surface area contributed by atoms with E-state index in [1.165, 1.54) is 25.4 Å². The zero-order chi connectivity index (χ0) is 14.4. The molecule has 0 saturated carbocycles. The van der Waals surface area contributed by atoms with Crippen LogP contribution in [0.25, 0.3) is 0 Å². The van der Waals surface area contributed by atoms with E-state index in [0.29, 0.717) is 12.1 Å². The second kappa shape index (κ2) is 6.47. The van der Waals surface area contributed by atoms with Gasteiger partial charge >= 0.3 is 5.97 Å². The molecule has 0 aliphatic carbocycles. The fourth-order valence-corrected chi connectivity index (χ4v) is 1.67. The highest BCUT2D eigenvalue weighted by Gasteiger charge is 2.11. The molecule has 1 aromatic carbocycles. The molecule has 20 heavy (non-hydrogen) atoms. The molecule has 0 fully saturated rings. The summed E-state index contributed by atoms with van der Waals surface area (Å²) < 4.78 is 4.60. The molecule has 0 radical (unpaired) electrons. The molecule has 1 heterocycles. The molecule has 102 valence electrons. The Morgan fingerprint density at radius 2 is 1.95 bits per heavy atom. The molecule has 1 aromatic heterocycles. The third kappa shape index (κ3) is 3.41. The number of esters is 1. The molecule has 0 saturated heterocycles. The summed E-state index contributed by atoms with van der Waals surface area (Å²) in [6.07, 6.45) is 1.41. The van der Waals surface area contributed by atoms with Crippen molar-refractivity contribution >= 4 is 11.9 Å². The number of nitrogens with one attached hydrogen (secondary N) is 1. The van der Waals surface area contributed by atoms with E-state index in [1.807, 2.05) is 30.3 Å². The van der Waals surface area contributed by atoms with Gasteiger partial charge in [-0.3, -0.25) is 9.78 Å². The molecule has 0 bridgehead atoms. The Morgan fingerprint density at radius 1 is 1.20 bits per heavy atom. The van der Waals surface area contributed by atoms with Crippen molar-refractivity contribution in [3.63, 3.8) is 0 Å². The van der Waals surface area contributed by atoms with E-state index in [2.05, 4.69) is 15.0 Å². The topological polar surface area (TPSA) is 68.3 Å². The van der Waals surface area contributed by atoms with E-state index in [1.54, 1.807) is 0 Å². The summed E-state index contributed by atoms with van der Waals surface area (Å²) in [6, 6.07) is 12.4. The summed E-state index contributed by atoms with van der Waals surface area (Å²) in [5, 5.41) is 2.75. The Bertz CT molecular complexity index is 612. The number of pyridine rings is 1. The molecule has 1 amide bonds. The van der Waals surface area contributed by atoms with Gasteiger partial charge < -0.3 is 10.1 Å². The number of rotatable bonds is 4. The lowest BCUT2D eigenvalue weighted by Crippen LogP contribution is -2.24. The van der Waals surface area contributed by atoms with E-state index in [0.717, 1.165) is 5.56 Å². The highest BCUT2D eigenvalue weighted by molar-refractivity contribution is 5.96. The van der Waals surface area contributed by atoms with Gasteiger partial charge in [0.1, 0.15) is 5.69 Å². The van der Waals surface area contributed by atoms with Crippen LogP contribution in [0.15, 0.2) is 48.7 Å². The summed E-state index contributed by atoms with van der Waals surface area (Å²) in [7, 11) is 1.29. The predicted octanol–water partition coefficient (Wildman–Crippen LogP) is 1.80. The summed E-state index contributed by atoms with van der Waals surface area (Å²) in [4.78, 5) is 27.3. The highest BCUT2D eigenvalue weighted by atomic mass is 16.5. The van der Waals surface area contributed by atoms with Crippen molar-refractivity contribution in [1.82, 2.24) is 10.3 Å². The second-order valence-electron chi connectivity index (χ2n) is 4.09. The van der Waals surface area contributed by atoms with Crippen LogP contribution in [0.1, 0.15) is 26.4 Å². The Labute approximate surface area is 116 Å². The lowest BCUT2D eigenvalue weighted by atomic mass is 10.2. The second-order valence-corrected chi connectivity index (χ2v) is 4.09. The number of hydrogen-bond acceptors (Lipinski definition) is 4. The van der Waals surface area contributed by atoms with Crippen molar-refractivity contribution in [2.45, 2.75) is 6.54 Å². The van der Waals surface area contributed by atoms with Crippen LogP contribution in [0.3, 0.4) is 0 Å². The smallest absolute Gasteiger partial charge is 0.337 e. The van der Waals surface area contributed by atoms with Gasteiger partial charge in [-0.1, -0.05) is 30.3 Å². The number of hydrogen-bond donors (Lipinski definition) is 1. The number of benzene rings is 1. The minimum Gasteiger partial charge on any atom is -0.465 e. The summed E-state index contributed by atoms with van der Waals surface area (Å²) >= 11 is 0. The van der Waals surface area contributed by atoms with Gasteiger partial charge in [-0.25, -0.2) is 4.79 Å². The zero-order valence-corrected chi connectivity index (χ0v) is 11.0. The predicted molar refractivity (Wildman–Crippen MR) is 73.2 cm³/mol. The van der Waals surface area contributed by atoms with Crippen molar-refractivity contribution in [3.8, 4) is 0 Å². The molecule has 2 rings (SSSR count). The fourth-order valence-electron chi connectivity index (χ4n) is 1.67. The molecule has 5 heteroatoms. The van der Waals surface area contributed by atoms with Crippen molar-refractivity contribution < 1.29 is 14.3 Å². The zero-order valence-electron chi connectivity index (χ0n) is 11.0. The van der Waals surface area contributed by atoms with Crippen LogP contribution in [-0.2, 0) is 11.3 Å². The molecule has 0 aliphatic rings. The molecule has 0 aliphatic heterocycles. The first-order chi connectivity index (χ1) is 9.70. The minimum absolute atomic E-state index is 0.184. The molecule has 0 atom stereocenters. The Balaban J connectivity index is 2.04. The highest BCUT2D eigenvalue weighted by Crippen LogP contribution is 2.04. The summed E-state index contributed by atoms with van der Waals surface area (Å²) in [5.41, 5.74) is 1.47. The average Bonchev–Trinajstić information content (AvgIpc) is 2.53. The minimum atomic E-state index is -0.496. The number of nitrogens with zero attached hydrogens (tertiary/aromatic N) is 1. The Kier molecular flexibility index (Phi) is 4.44. The number of methoxy groups -OCH3 is 1. The maximum absolute atomic E-state index is 12.0. The molecular formula is C15H14N2O3. The van der Waals surface area contributed by atoms with Gasteiger partial charge in [-0.15, -0.1) is 0 Å². The first-order valence-electron chi connectivity index (χ1n) is 6.07. The fraction of sp³-hybridized carbons (Fsp3) is 0.133. The lowest BCUT2D eigenvalue weighted by molar-refractivity contribution is 0.0600. The molecule has 1 N–H and O–H groups in total. The van der Waals surface area contributed by atoms with E-state index in [4.69, 9.17) is 0 Å². The first kappa shape index (κ1) is 13.7. The number of aromatic nitrogens is 1. The number of ether oxygens (including phenoxy) is 1. The van der Waals surface area contributed by atoms with Crippen LogP contribution in [0.2, 0.25) is 0 Å². The van der Waals surface area contributed by atoms with Crippen LogP contribution in [0, 0.1) is 0 Å². The van der Waals surface area contributed by atoms with E-state index in [-0.39, 0.29) is 11.6 Å². The standard InChI is InChI=1S/C15H14N2O3/c1-20-15(19)12-7-8-16-13(9-12)14(18)17-10-11-5-3-2-4-6-11/h2-9H,10H2,1H3,(H,17,18). The molecule has 5 nitrogen and oxygen atoms in total. The van der Waals surface area contributed by atoms with Gasteiger partial charge in [0.2, 0.25) is 0 Å². The monoisotopic (exact) mass is 270 g/mol. The summed E-state index contributed by atoms with van der Waals surface area (Å²) in [6.45, 7) is 0.407. The third-order valence-corrected chi connectivity index (χ3v) is 2.71. The molecule has 0 unspecified atom stereocenters. The van der Waals surface area contributed by atoms with Gasteiger partial charge in [0.15, 0.2) is 0 Å². The maximum atomic E-state index is 12.0. The van der Waals surface area contributed by atoms with Crippen LogP contribution >= 0.6 is 0 Å². The van der Waals surface area contributed by atoms with Crippen molar-refractivity contribution in [2.24, 2.45) is 0 Å². The van der Waals surface area contributed by atoms with E-state index in [9.17, 15) is 9.59 Å². The Hall–Kier alpha value is -2.69. The average molecular weight is 270 g/mol. The summed E-state index contributed by atoms with van der Waals surface area (Å²) in [5.74, 6) is -0.830. The number of amides is 1. The SMILES string of the molecule is COC(=O)c1ccnc(C(=O)NCc2ccccc2)c1. The van der Waals surface area contributed by atoms with Gasteiger partial charge in [-0.2, -0.15) is 0 Å². The van der Waals surface area contributed by atoms with Crippen LogP contribution in [0.5, 0.6) is 0 Å². The molecular weight excluding hydrogens is 256 g/mol. The van der Waals surface area contributed by atoms with Crippen molar-refractivity contribution in [3.05, 3.63) is 65.5 Å². The van der Waals surface area contributed by atoms with E-state index < -0.39 is 5.97 Å². The maximum Gasteiger partial charge on any atom is 0.337 e. The van der Waals surface area contributed by atoms with Crippen molar-refractivity contribution in [1.29, 1.82) is 0 Å². The largest absolute Gasteiger partial charge is 0.465 e. The quantitative estimate of drug-likeness (QED) is 0.860.